The highest BCUT2D eigenvalue weighted by Gasteiger charge is 2.11. The third kappa shape index (κ3) is 0.739. The van der Waals surface area contributed by atoms with E-state index >= 15 is 0 Å². The van der Waals surface area contributed by atoms with Gasteiger partial charge in [0.2, 0.25) is 5.43 Å². The van der Waals surface area contributed by atoms with Crippen LogP contribution in [0.3, 0.4) is 0 Å². The summed E-state index contributed by atoms with van der Waals surface area (Å²) in [7, 11) is 0. The van der Waals surface area contributed by atoms with Crippen molar-refractivity contribution in [2.24, 2.45) is 0 Å². The summed E-state index contributed by atoms with van der Waals surface area (Å²) in [6.07, 6.45) is 0. The summed E-state index contributed by atoms with van der Waals surface area (Å²) in [6.45, 7) is 0. The summed E-state index contributed by atoms with van der Waals surface area (Å²) >= 11 is 0. The Bertz CT molecular complexity index is 405. The fraction of sp³-hybridized carbons (Fsp3) is 0. The Labute approximate surface area is 60.5 Å². The summed E-state index contributed by atoms with van der Waals surface area (Å²) in [6, 6.07) is 4.29. The molecule has 0 radical (unpaired) electrons. The largest absolute Gasteiger partial charge is 0.287 e. The van der Waals surface area contributed by atoms with E-state index in [-0.39, 0.29) is 21.7 Å². The van der Waals surface area contributed by atoms with E-state index < -0.39 is 0 Å². The molecule has 0 aromatic carbocycles. The van der Waals surface area contributed by atoms with Gasteiger partial charge in [-0.1, -0.05) is 10.5 Å². The van der Waals surface area contributed by atoms with Crippen molar-refractivity contribution in [3.8, 4) is 11.4 Å². The Balaban J connectivity index is 2.90. The van der Waals surface area contributed by atoms with Crippen LogP contribution in [0.25, 0.3) is 11.4 Å². The summed E-state index contributed by atoms with van der Waals surface area (Å²) in [5.74, 6) is 0. The zero-order valence-electron chi connectivity index (χ0n) is 5.41. The van der Waals surface area contributed by atoms with Gasteiger partial charge in [0.25, 0.3) is 0 Å². The number of hydrogen-bond donors (Lipinski definition) is 1. The van der Waals surface area contributed by atoms with Crippen LogP contribution < -0.4 is 5.43 Å². The molecule has 0 saturated carbocycles. The van der Waals surface area contributed by atoms with Crippen molar-refractivity contribution in [3.63, 3.8) is 0 Å². The monoisotopic (exact) mass is 153 g/mol. The Morgan fingerprint density at radius 1 is 1.55 bits per heavy atom. The lowest BCUT2D eigenvalue weighted by molar-refractivity contribution is 0.313. The van der Waals surface area contributed by atoms with Crippen LogP contribution >= 0.6 is 0 Å². The van der Waals surface area contributed by atoms with Crippen LogP contribution in [0, 0.1) is 0 Å². The van der Waals surface area contributed by atoms with E-state index in [4.69, 9.17) is 0 Å². The quantitative estimate of drug-likeness (QED) is 0.595. The number of H-pyrrole nitrogens is 1. The smallest absolute Gasteiger partial charge is 0.208 e. The number of aromatic amines is 1. The van der Waals surface area contributed by atoms with Crippen molar-refractivity contribution in [2.45, 2.75) is 0 Å². The first-order valence-electron chi connectivity index (χ1n) is 3.01. The average Bonchev–Trinajstić information content (AvgIpc) is 2.35. The van der Waals surface area contributed by atoms with Gasteiger partial charge < -0.3 is 0 Å². The molecular formula is C6H4FN3O. The lowest BCUT2D eigenvalue weighted by atomic mass is 10.2. The first-order chi connectivity index (χ1) is 5.29. The molecule has 0 spiro atoms. The van der Waals surface area contributed by atoms with Crippen LogP contribution in [0.4, 0.5) is 4.48 Å². The summed E-state index contributed by atoms with van der Waals surface area (Å²) in [5.41, 5.74) is 0.00245. The molecule has 5 heteroatoms. The van der Waals surface area contributed by atoms with Gasteiger partial charge in [-0.05, 0) is 12.1 Å². The van der Waals surface area contributed by atoms with Crippen LogP contribution in [0.15, 0.2) is 23.0 Å². The van der Waals surface area contributed by atoms with Gasteiger partial charge in [0.05, 0.1) is 0 Å². The molecule has 56 valence electrons. The number of aromatic nitrogens is 3. The third-order valence-corrected chi connectivity index (χ3v) is 1.44. The van der Waals surface area contributed by atoms with Gasteiger partial charge in [0, 0.05) is 0 Å². The maximum Gasteiger partial charge on any atom is 0.208 e. The van der Waals surface area contributed by atoms with E-state index in [1.807, 2.05) is 5.21 Å². The van der Waals surface area contributed by atoms with Crippen LogP contribution in [0.5, 0.6) is 0 Å². The third-order valence-electron chi connectivity index (χ3n) is 1.44. The fourth-order valence-electron chi connectivity index (χ4n) is 0.929. The molecule has 0 saturated heterocycles. The average molecular weight is 153 g/mol. The number of rotatable bonds is 0. The standard InChI is InChI=1S/C6H4FN3O/c7-10-4-2-1-3-5(11)6(4)8-9-10/h1-3,9H. The fourth-order valence-corrected chi connectivity index (χ4v) is 0.929. The molecule has 0 atom stereocenters. The maximum atomic E-state index is 12.6. The van der Waals surface area contributed by atoms with Crippen LogP contribution in [-0.4, -0.2) is 15.2 Å². The van der Waals surface area contributed by atoms with Crippen LogP contribution in [0.1, 0.15) is 0 Å². The molecular weight excluding hydrogens is 149 g/mol. The molecule has 4 nitrogen and oxygen atoms in total. The first kappa shape index (κ1) is 6.09. The Kier molecular flexibility index (Phi) is 1.06. The number of hydrogen-bond acceptors (Lipinski definition) is 2. The van der Waals surface area contributed by atoms with E-state index in [1.165, 1.54) is 18.2 Å². The second-order valence-corrected chi connectivity index (χ2v) is 2.12. The number of fused-ring (bicyclic) bond motifs is 1. The predicted octanol–water partition coefficient (Wildman–Crippen LogP) is 0.409. The van der Waals surface area contributed by atoms with E-state index in [1.54, 1.807) is 0 Å². The minimum Gasteiger partial charge on any atom is -0.287 e. The molecule has 0 unspecified atom stereocenters. The highest BCUT2D eigenvalue weighted by atomic mass is 19.2. The van der Waals surface area contributed by atoms with Crippen molar-refractivity contribution < 1.29 is 4.48 Å². The number of nitrogens with one attached hydrogen (secondary N) is 1. The zero-order chi connectivity index (χ0) is 7.84. The lowest BCUT2D eigenvalue weighted by Gasteiger charge is -1.90. The molecule has 1 heterocycles. The minimum absolute atomic E-state index is 0.120. The van der Waals surface area contributed by atoms with Gasteiger partial charge in [-0.2, -0.15) is 10.3 Å². The van der Waals surface area contributed by atoms with Gasteiger partial charge in [0.15, 0.2) is 5.69 Å². The minimum atomic E-state index is -0.282. The number of benzene rings is 1. The summed E-state index contributed by atoms with van der Waals surface area (Å²) < 4.78 is 12.6. The molecule has 0 aromatic rings. The summed E-state index contributed by atoms with van der Waals surface area (Å²) in [4.78, 5) is 11.1. The second-order valence-electron chi connectivity index (χ2n) is 2.12. The SMILES string of the molecule is O=c1cccc2n(F)[nH]nc1-2. The van der Waals surface area contributed by atoms with Gasteiger partial charge >= 0.3 is 0 Å². The van der Waals surface area contributed by atoms with Crippen LogP contribution in [0.2, 0.25) is 0 Å². The molecule has 0 amide bonds. The molecule has 1 N–H and O–H groups in total. The first-order valence-corrected chi connectivity index (χ1v) is 3.01. The van der Waals surface area contributed by atoms with Crippen molar-refractivity contribution in [2.75, 3.05) is 0 Å². The highest BCUT2D eigenvalue weighted by molar-refractivity contribution is 5.54. The zero-order valence-corrected chi connectivity index (χ0v) is 5.41. The molecule has 1 aliphatic carbocycles. The lowest BCUT2D eigenvalue weighted by Crippen LogP contribution is -2.02. The topological polar surface area (TPSA) is 50.7 Å². The number of halogens is 1. The highest BCUT2D eigenvalue weighted by Crippen LogP contribution is 2.12. The molecule has 0 fully saturated rings. The molecule has 0 aromatic heterocycles. The van der Waals surface area contributed by atoms with Crippen LogP contribution in [-0.2, 0) is 0 Å². The van der Waals surface area contributed by atoms with Crippen molar-refractivity contribution >= 4 is 0 Å². The van der Waals surface area contributed by atoms with Gasteiger partial charge in [0.1, 0.15) is 5.69 Å². The molecule has 11 heavy (non-hydrogen) atoms. The Hall–Kier alpha value is -1.65. The summed E-state index contributed by atoms with van der Waals surface area (Å²) in [5, 5.41) is 5.49. The predicted molar refractivity (Wildman–Crippen MR) is 36.0 cm³/mol. The van der Waals surface area contributed by atoms with Crippen molar-refractivity contribution in [1.29, 1.82) is 0 Å². The van der Waals surface area contributed by atoms with Gasteiger partial charge in [-0.3, -0.25) is 4.79 Å². The molecule has 0 bridgehead atoms. The molecule has 2 rings (SSSR count). The number of nitrogens with zero attached hydrogens (tertiary/aromatic N) is 2. The van der Waals surface area contributed by atoms with E-state index in [0.29, 0.717) is 0 Å². The molecule has 1 aliphatic heterocycles. The normalized spacial score (nSPS) is 10.6. The molecule has 2 aliphatic rings. The Morgan fingerprint density at radius 2 is 2.36 bits per heavy atom. The van der Waals surface area contributed by atoms with Gasteiger partial charge in [-0.15, -0.1) is 4.90 Å². The van der Waals surface area contributed by atoms with E-state index in [2.05, 4.69) is 5.10 Å². The van der Waals surface area contributed by atoms with Gasteiger partial charge in [-0.25, -0.2) is 0 Å². The van der Waals surface area contributed by atoms with E-state index in [9.17, 15) is 9.28 Å². The Morgan fingerprint density at radius 3 is 3.09 bits per heavy atom. The van der Waals surface area contributed by atoms with Crippen molar-refractivity contribution in [1.82, 2.24) is 15.2 Å². The number of para-hydroxylation sites is 1. The van der Waals surface area contributed by atoms with E-state index in [0.717, 1.165) is 0 Å². The maximum absolute atomic E-state index is 12.6. The second kappa shape index (κ2) is 1.91. The van der Waals surface area contributed by atoms with Crippen molar-refractivity contribution in [3.05, 3.63) is 28.4 Å².